The summed E-state index contributed by atoms with van der Waals surface area (Å²) in [4.78, 5) is 23.5. The maximum Gasteiger partial charge on any atom is 0.353 e. The SMILES string of the molecule is CCc1c(Cl)cc2c(c1Cl)c(C=O)c(C(=O)O)n2COCC[Si](C)(C)C. The van der Waals surface area contributed by atoms with Crippen LogP contribution in [0.25, 0.3) is 10.9 Å². The Morgan fingerprint density at radius 1 is 1.35 bits per heavy atom. The number of nitrogens with zero attached hydrogens (tertiary/aromatic N) is 1. The second-order valence-electron chi connectivity index (χ2n) is 7.36. The van der Waals surface area contributed by atoms with Crippen LogP contribution in [0.1, 0.15) is 33.3 Å². The number of rotatable bonds is 8. The van der Waals surface area contributed by atoms with Crippen molar-refractivity contribution in [1.82, 2.24) is 4.57 Å². The summed E-state index contributed by atoms with van der Waals surface area (Å²) in [5, 5.41) is 10.8. The minimum atomic E-state index is -1.27. The van der Waals surface area contributed by atoms with Gasteiger partial charge in [0.05, 0.1) is 16.1 Å². The molecule has 0 aliphatic rings. The minimum Gasteiger partial charge on any atom is -0.477 e. The topological polar surface area (TPSA) is 68.5 Å². The largest absolute Gasteiger partial charge is 0.477 e. The summed E-state index contributed by atoms with van der Waals surface area (Å²) in [6.45, 7) is 9.16. The fourth-order valence-corrected chi connectivity index (χ4v) is 4.41. The molecule has 26 heavy (non-hydrogen) atoms. The number of carbonyl (C=O) groups is 2. The van der Waals surface area contributed by atoms with Crippen molar-refractivity contribution in [2.24, 2.45) is 0 Å². The van der Waals surface area contributed by atoms with E-state index < -0.39 is 14.0 Å². The van der Waals surface area contributed by atoms with Crippen molar-refractivity contribution in [1.29, 1.82) is 0 Å². The molecular formula is C18H23Cl2NO4Si. The molecule has 1 aromatic carbocycles. The van der Waals surface area contributed by atoms with Crippen LogP contribution < -0.4 is 0 Å². The quantitative estimate of drug-likeness (QED) is 0.359. The summed E-state index contributed by atoms with van der Waals surface area (Å²) in [6, 6.07) is 2.61. The number of carbonyl (C=O) groups excluding carboxylic acids is 1. The highest BCUT2D eigenvalue weighted by molar-refractivity contribution is 6.76. The molecule has 2 aromatic rings. The van der Waals surface area contributed by atoms with E-state index in [1.807, 2.05) is 6.92 Å². The highest BCUT2D eigenvalue weighted by Crippen LogP contribution is 2.38. The predicted molar refractivity (Wildman–Crippen MR) is 108 cm³/mol. The smallest absolute Gasteiger partial charge is 0.353 e. The molecule has 2 rings (SSSR count). The molecule has 0 saturated carbocycles. The zero-order chi connectivity index (χ0) is 19.6. The third-order valence-electron chi connectivity index (χ3n) is 4.27. The summed E-state index contributed by atoms with van der Waals surface area (Å²) in [6.07, 6.45) is 1.11. The van der Waals surface area contributed by atoms with E-state index in [1.165, 1.54) is 4.57 Å². The van der Waals surface area contributed by atoms with Gasteiger partial charge in [-0.2, -0.15) is 0 Å². The van der Waals surface area contributed by atoms with Crippen LogP contribution in [0.5, 0.6) is 0 Å². The highest BCUT2D eigenvalue weighted by Gasteiger charge is 2.26. The molecule has 1 N–H and O–H groups in total. The van der Waals surface area contributed by atoms with Gasteiger partial charge in [0.25, 0.3) is 0 Å². The zero-order valence-electron chi connectivity index (χ0n) is 15.4. The van der Waals surface area contributed by atoms with Crippen LogP contribution in [0, 0.1) is 0 Å². The molecule has 0 spiro atoms. The molecule has 142 valence electrons. The molecule has 0 bridgehead atoms. The van der Waals surface area contributed by atoms with E-state index in [1.54, 1.807) is 6.07 Å². The Kier molecular flexibility index (Phi) is 6.55. The van der Waals surface area contributed by atoms with E-state index in [9.17, 15) is 14.7 Å². The van der Waals surface area contributed by atoms with Gasteiger partial charge in [0.2, 0.25) is 0 Å². The van der Waals surface area contributed by atoms with Crippen molar-refractivity contribution in [2.75, 3.05) is 6.61 Å². The summed E-state index contributed by atoms with van der Waals surface area (Å²) in [7, 11) is -1.27. The van der Waals surface area contributed by atoms with E-state index >= 15 is 0 Å². The average Bonchev–Trinajstić information content (AvgIpc) is 2.84. The molecule has 1 aromatic heterocycles. The molecule has 0 radical (unpaired) electrons. The van der Waals surface area contributed by atoms with Gasteiger partial charge in [-0.05, 0) is 24.1 Å². The lowest BCUT2D eigenvalue weighted by atomic mass is 10.1. The number of halogens is 2. The van der Waals surface area contributed by atoms with Gasteiger partial charge in [0.15, 0.2) is 6.29 Å². The number of hydrogen-bond acceptors (Lipinski definition) is 3. The predicted octanol–water partition coefficient (Wildman–Crippen LogP) is 5.33. The van der Waals surface area contributed by atoms with Gasteiger partial charge < -0.3 is 14.4 Å². The van der Waals surface area contributed by atoms with Gasteiger partial charge in [0.1, 0.15) is 12.4 Å². The fourth-order valence-electron chi connectivity index (χ4n) is 2.84. The monoisotopic (exact) mass is 415 g/mol. The molecule has 0 atom stereocenters. The standard InChI is InChI=1S/C18H23Cl2NO4Si/c1-5-11-13(19)8-14-15(16(11)20)12(9-22)17(18(23)24)21(14)10-25-6-7-26(2,3)4/h8-9H,5-7,10H2,1-4H3,(H,23,24). The van der Waals surface area contributed by atoms with Crippen molar-refractivity contribution >= 4 is 54.4 Å². The Bertz CT molecular complexity index is 855. The molecule has 0 aliphatic heterocycles. The van der Waals surface area contributed by atoms with Gasteiger partial charge in [0, 0.05) is 25.1 Å². The number of fused-ring (bicyclic) bond motifs is 1. The number of aromatic carboxylic acids is 1. The first-order chi connectivity index (χ1) is 12.1. The van der Waals surface area contributed by atoms with Crippen molar-refractivity contribution in [3.8, 4) is 0 Å². The Balaban J connectivity index is 2.58. The lowest BCUT2D eigenvalue weighted by molar-refractivity contribution is 0.0627. The average molecular weight is 416 g/mol. The lowest BCUT2D eigenvalue weighted by Gasteiger charge is -2.16. The molecule has 5 nitrogen and oxygen atoms in total. The Hall–Kier alpha value is -1.34. The van der Waals surface area contributed by atoms with Crippen LogP contribution in [0.2, 0.25) is 35.7 Å². The first-order valence-corrected chi connectivity index (χ1v) is 12.9. The maximum atomic E-state index is 11.8. The molecule has 0 saturated heterocycles. The number of aromatic nitrogens is 1. The molecule has 0 fully saturated rings. The number of aldehydes is 1. The number of ether oxygens (including phenoxy) is 1. The molecule has 1 heterocycles. The van der Waals surface area contributed by atoms with Crippen LogP contribution in [0.4, 0.5) is 0 Å². The lowest BCUT2D eigenvalue weighted by Crippen LogP contribution is -2.22. The first kappa shape index (κ1) is 21.0. The van der Waals surface area contributed by atoms with E-state index in [0.717, 1.165) is 6.04 Å². The van der Waals surface area contributed by atoms with Gasteiger partial charge in [-0.15, -0.1) is 0 Å². The minimum absolute atomic E-state index is 0.0224. The van der Waals surface area contributed by atoms with E-state index in [4.69, 9.17) is 27.9 Å². The van der Waals surface area contributed by atoms with Crippen molar-refractivity contribution in [3.05, 3.63) is 32.9 Å². The van der Waals surface area contributed by atoms with Crippen molar-refractivity contribution in [3.63, 3.8) is 0 Å². The zero-order valence-corrected chi connectivity index (χ0v) is 17.9. The molecule has 0 unspecified atom stereocenters. The van der Waals surface area contributed by atoms with E-state index in [0.29, 0.717) is 45.8 Å². The van der Waals surface area contributed by atoms with Crippen LogP contribution in [0.3, 0.4) is 0 Å². The Labute approximate surface area is 163 Å². The van der Waals surface area contributed by atoms with Gasteiger partial charge in [-0.1, -0.05) is 49.8 Å². The van der Waals surface area contributed by atoms with Crippen LogP contribution in [0.15, 0.2) is 6.07 Å². The third-order valence-corrected chi connectivity index (χ3v) is 6.73. The van der Waals surface area contributed by atoms with E-state index in [-0.39, 0.29) is 18.0 Å². The van der Waals surface area contributed by atoms with Crippen molar-refractivity contribution in [2.45, 2.75) is 45.8 Å². The molecule has 0 amide bonds. The van der Waals surface area contributed by atoms with Gasteiger partial charge in [-0.25, -0.2) is 4.79 Å². The summed E-state index contributed by atoms with van der Waals surface area (Å²) in [5.74, 6) is -1.21. The van der Waals surface area contributed by atoms with Crippen molar-refractivity contribution < 1.29 is 19.4 Å². The van der Waals surface area contributed by atoms with E-state index in [2.05, 4.69) is 19.6 Å². The fraction of sp³-hybridized carbons (Fsp3) is 0.444. The molecule has 0 aliphatic carbocycles. The normalized spacial score (nSPS) is 11.9. The molecular weight excluding hydrogens is 393 g/mol. The van der Waals surface area contributed by atoms with Crippen LogP contribution in [-0.4, -0.2) is 36.6 Å². The highest BCUT2D eigenvalue weighted by atomic mass is 35.5. The Morgan fingerprint density at radius 3 is 2.50 bits per heavy atom. The summed E-state index contributed by atoms with van der Waals surface area (Å²) >= 11 is 12.8. The first-order valence-electron chi connectivity index (χ1n) is 8.41. The third kappa shape index (κ3) is 4.14. The number of hydrogen-bond donors (Lipinski definition) is 1. The molecule has 8 heteroatoms. The van der Waals surface area contributed by atoms with Gasteiger partial charge >= 0.3 is 5.97 Å². The van der Waals surface area contributed by atoms with Crippen LogP contribution >= 0.6 is 23.2 Å². The number of benzene rings is 1. The van der Waals surface area contributed by atoms with Crippen LogP contribution in [-0.2, 0) is 17.9 Å². The number of carboxylic acid groups (broad SMARTS) is 1. The number of carboxylic acids is 1. The summed E-state index contributed by atoms with van der Waals surface area (Å²) in [5.41, 5.74) is 1.11. The summed E-state index contributed by atoms with van der Waals surface area (Å²) < 4.78 is 7.18. The second-order valence-corrected chi connectivity index (χ2v) is 13.8. The van der Waals surface area contributed by atoms with Gasteiger partial charge in [-0.3, -0.25) is 4.79 Å². The second kappa shape index (κ2) is 8.13. The Morgan fingerprint density at radius 2 is 2.00 bits per heavy atom. The maximum absolute atomic E-state index is 11.8.